The Morgan fingerprint density at radius 3 is 2.62 bits per heavy atom. The molecule has 0 aromatic carbocycles. The molecule has 1 aliphatic carbocycles. The molecule has 1 saturated carbocycles. The Kier molecular flexibility index (Phi) is 3.54. The van der Waals surface area contributed by atoms with Crippen molar-refractivity contribution >= 4 is 23.6 Å². The summed E-state index contributed by atoms with van der Waals surface area (Å²) in [5.74, 6) is -0.139. The molecule has 0 spiro atoms. The molecule has 1 heterocycles. The minimum Gasteiger partial charge on any atom is -0.303 e. The maximum Gasteiger partial charge on any atom is 0.246 e. The second kappa shape index (κ2) is 4.75. The number of amides is 2. The van der Waals surface area contributed by atoms with Crippen molar-refractivity contribution in [2.45, 2.75) is 43.0 Å². The summed E-state index contributed by atoms with van der Waals surface area (Å²) in [4.78, 5) is 24.3. The first-order valence-corrected chi connectivity index (χ1v) is 7.00. The maximum atomic E-state index is 11.7. The van der Waals surface area contributed by atoms with Gasteiger partial charge in [-0.3, -0.25) is 14.5 Å². The summed E-state index contributed by atoms with van der Waals surface area (Å²) >= 11 is 1.89. The molecule has 0 bridgehead atoms. The zero-order valence-corrected chi connectivity index (χ0v) is 10.5. The predicted octanol–water partition coefficient (Wildman–Crippen LogP) is 0.617. The van der Waals surface area contributed by atoms with Crippen molar-refractivity contribution in [3.63, 3.8) is 0 Å². The zero-order chi connectivity index (χ0) is 11.7. The molecule has 0 radical (unpaired) electrons. The zero-order valence-electron chi connectivity index (χ0n) is 9.73. The van der Waals surface area contributed by atoms with Crippen LogP contribution in [0.1, 0.15) is 25.7 Å². The summed E-state index contributed by atoms with van der Waals surface area (Å²) in [7, 11) is 1.56. The molecule has 1 saturated heterocycles. The lowest BCUT2D eigenvalue weighted by Crippen LogP contribution is -2.42. The second-order valence-electron chi connectivity index (χ2n) is 4.58. The molecular formula is C11H18N2O2S. The van der Waals surface area contributed by atoms with Gasteiger partial charge >= 0.3 is 0 Å². The summed E-state index contributed by atoms with van der Waals surface area (Å²) in [5.41, 5.74) is 0. The fourth-order valence-electron chi connectivity index (χ4n) is 2.48. The standard InChI is InChI=1S/C11H18N2O2S/c1-13-10(14)6-9(11(13)15)12-7-3-4-8(5-7)16-2/h7-9,12H,3-6H2,1-2H3. The third-order valence-electron chi connectivity index (χ3n) is 3.54. The van der Waals surface area contributed by atoms with Crippen LogP contribution in [-0.4, -0.2) is 47.4 Å². The maximum absolute atomic E-state index is 11.7. The molecule has 16 heavy (non-hydrogen) atoms. The van der Waals surface area contributed by atoms with Gasteiger partial charge in [0, 0.05) is 18.3 Å². The van der Waals surface area contributed by atoms with Gasteiger partial charge in [-0.25, -0.2) is 0 Å². The van der Waals surface area contributed by atoms with Crippen LogP contribution in [0.25, 0.3) is 0 Å². The topological polar surface area (TPSA) is 49.4 Å². The molecule has 5 heteroatoms. The largest absolute Gasteiger partial charge is 0.303 e. The fraction of sp³-hybridized carbons (Fsp3) is 0.818. The van der Waals surface area contributed by atoms with Crippen molar-refractivity contribution < 1.29 is 9.59 Å². The SMILES string of the molecule is CSC1CCC(NC2CC(=O)N(C)C2=O)C1. The highest BCUT2D eigenvalue weighted by atomic mass is 32.2. The number of hydrogen-bond acceptors (Lipinski definition) is 4. The Morgan fingerprint density at radius 1 is 1.38 bits per heavy atom. The summed E-state index contributed by atoms with van der Waals surface area (Å²) in [6, 6.07) is 0.133. The van der Waals surface area contributed by atoms with E-state index >= 15 is 0 Å². The highest BCUT2D eigenvalue weighted by Crippen LogP contribution is 2.29. The first kappa shape index (κ1) is 11.9. The lowest BCUT2D eigenvalue weighted by Gasteiger charge is -2.17. The molecule has 90 valence electrons. The van der Waals surface area contributed by atoms with Gasteiger partial charge in [0.05, 0.1) is 12.5 Å². The normalized spacial score (nSPS) is 35.1. The first-order valence-electron chi connectivity index (χ1n) is 5.71. The number of thioether (sulfide) groups is 1. The fourth-order valence-corrected chi connectivity index (χ4v) is 3.27. The lowest BCUT2D eigenvalue weighted by atomic mass is 10.2. The molecule has 2 rings (SSSR count). The van der Waals surface area contributed by atoms with Gasteiger partial charge in [-0.1, -0.05) is 0 Å². The van der Waals surface area contributed by atoms with Crippen molar-refractivity contribution in [3.8, 4) is 0 Å². The van der Waals surface area contributed by atoms with Crippen LogP contribution in [0, 0.1) is 0 Å². The van der Waals surface area contributed by atoms with Crippen LogP contribution in [0.15, 0.2) is 0 Å². The Balaban J connectivity index is 1.87. The van der Waals surface area contributed by atoms with Gasteiger partial charge < -0.3 is 5.32 Å². The van der Waals surface area contributed by atoms with Gasteiger partial charge in [-0.15, -0.1) is 0 Å². The molecule has 2 fully saturated rings. The van der Waals surface area contributed by atoms with Crippen LogP contribution in [0.2, 0.25) is 0 Å². The lowest BCUT2D eigenvalue weighted by molar-refractivity contribution is -0.137. The Bertz CT molecular complexity index is 308. The van der Waals surface area contributed by atoms with E-state index in [1.807, 2.05) is 11.8 Å². The highest BCUT2D eigenvalue weighted by molar-refractivity contribution is 7.99. The molecule has 0 aromatic heterocycles. The number of hydrogen-bond donors (Lipinski definition) is 1. The molecule has 2 amide bonds. The number of rotatable bonds is 3. The van der Waals surface area contributed by atoms with E-state index in [1.165, 1.54) is 11.3 Å². The van der Waals surface area contributed by atoms with Crippen molar-refractivity contribution in [2.75, 3.05) is 13.3 Å². The van der Waals surface area contributed by atoms with Crippen LogP contribution in [0.4, 0.5) is 0 Å². The van der Waals surface area contributed by atoms with E-state index in [0.717, 1.165) is 12.8 Å². The Morgan fingerprint density at radius 2 is 2.12 bits per heavy atom. The number of imide groups is 1. The van der Waals surface area contributed by atoms with Gasteiger partial charge in [0.15, 0.2) is 0 Å². The molecule has 3 atom stereocenters. The molecular weight excluding hydrogens is 224 g/mol. The van der Waals surface area contributed by atoms with Crippen LogP contribution >= 0.6 is 11.8 Å². The molecule has 1 N–H and O–H groups in total. The van der Waals surface area contributed by atoms with Crippen LogP contribution < -0.4 is 5.32 Å². The average molecular weight is 242 g/mol. The number of likely N-dealkylation sites (tertiary alicyclic amines) is 1. The number of nitrogens with zero attached hydrogens (tertiary/aromatic N) is 1. The molecule has 2 aliphatic rings. The minimum atomic E-state index is -0.275. The number of carbonyl (C=O) groups is 2. The van der Waals surface area contributed by atoms with E-state index in [2.05, 4.69) is 11.6 Å². The minimum absolute atomic E-state index is 0.0677. The Labute approximate surface area is 100 Å². The van der Waals surface area contributed by atoms with Crippen molar-refractivity contribution in [1.82, 2.24) is 10.2 Å². The summed E-state index contributed by atoms with van der Waals surface area (Å²) < 4.78 is 0. The van der Waals surface area contributed by atoms with E-state index in [1.54, 1.807) is 7.05 Å². The van der Waals surface area contributed by atoms with E-state index in [9.17, 15) is 9.59 Å². The van der Waals surface area contributed by atoms with Gasteiger partial charge in [-0.05, 0) is 25.5 Å². The smallest absolute Gasteiger partial charge is 0.246 e. The van der Waals surface area contributed by atoms with Crippen molar-refractivity contribution in [2.24, 2.45) is 0 Å². The molecule has 1 aliphatic heterocycles. The first-order chi connectivity index (χ1) is 7.61. The van der Waals surface area contributed by atoms with Gasteiger partial charge in [0.2, 0.25) is 11.8 Å². The summed E-state index contributed by atoms with van der Waals surface area (Å²) in [5, 5.41) is 4.04. The molecule has 4 nitrogen and oxygen atoms in total. The number of likely N-dealkylation sites (N-methyl/N-ethyl adjacent to an activating group) is 1. The van der Waals surface area contributed by atoms with Crippen LogP contribution in [-0.2, 0) is 9.59 Å². The summed E-state index contributed by atoms with van der Waals surface area (Å²) in [6.07, 6.45) is 5.90. The summed E-state index contributed by atoms with van der Waals surface area (Å²) in [6.45, 7) is 0. The molecule has 3 unspecified atom stereocenters. The third kappa shape index (κ3) is 2.25. The third-order valence-corrected chi connectivity index (χ3v) is 4.63. The van der Waals surface area contributed by atoms with E-state index in [-0.39, 0.29) is 17.9 Å². The van der Waals surface area contributed by atoms with E-state index < -0.39 is 0 Å². The van der Waals surface area contributed by atoms with Gasteiger partial charge in [0.25, 0.3) is 0 Å². The Hall–Kier alpha value is -0.550. The van der Waals surface area contributed by atoms with Gasteiger partial charge in [-0.2, -0.15) is 11.8 Å². The number of nitrogens with one attached hydrogen (secondary N) is 1. The molecule has 0 aromatic rings. The quantitative estimate of drug-likeness (QED) is 0.737. The second-order valence-corrected chi connectivity index (χ2v) is 5.72. The van der Waals surface area contributed by atoms with Crippen LogP contribution in [0.3, 0.4) is 0 Å². The number of carbonyl (C=O) groups excluding carboxylic acids is 2. The van der Waals surface area contributed by atoms with E-state index in [4.69, 9.17) is 0 Å². The van der Waals surface area contributed by atoms with Crippen molar-refractivity contribution in [3.05, 3.63) is 0 Å². The van der Waals surface area contributed by atoms with Crippen LogP contribution in [0.5, 0.6) is 0 Å². The monoisotopic (exact) mass is 242 g/mol. The highest BCUT2D eigenvalue weighted by Gasteiger charge is 2.38. The van der Waals surface area contributed by atoms with Gasteiger partial charge in [0.1, 0.15) is 0 Å². The van der Waals surface area contributed by atoms with E-state index in [0.29, 0.717) is 17.7 Å². The predicted molar refractivity (Wildman–Crippen MR) is 64.3 cm³/mol. The van der Waals surface area contributed by atoms with Crippen molar-refractivity contribution in [1.29, 1.82) is 0 Å². The average Bonchev–Trinajstić information content (AvgIpc) is 2.81.